The Bertz CT molecular complexity index is 520. The lowest BCUT2D eigenvalue weighted by atomic mass is 10.0. The predicted molar refractivity (Wildman–Crippen MR) is 80.2 cm³/mol. The summed E-state index contributed by atoms with van der Waals surface area (Å²) in [7, 11) is 0. The summed E-state index contributed by atoms with van der Waals surface area (Å²) in [6, 6.07) is 4.75. The van der Waals surface area contributed by atoms with Crippen LogP contribution in [-0.2, 0) is 4.79 Å². The molecule has 0 saturated heterocycles. The number of oxime groups is 1. The molecule has 0 saturated carbocycles. The van der Waals surface area contributed by atoms with Crippen molar-refractivity contribution in [2.45, 2.75) is 26.3 Å². The molecular formula is C13H17Cl2N3O2. The van der Waals surface area contributed by atoms with Gasteiger partial charge in [0.25, 0.3) is 0 Å². The van der Waals surface area contributed by atoms with E-state index in [0.717, 1.165) is 5.56 Å². The second kappa shape index (κ2) is 7.36. The SMILES string of the molecule is CCC(C(=O)NC(C)c1ccc(Cl)cc1Cl)C(N)=NO. The van der Waals surface area contributed by atoms with E-state index in [-0.39, 0.29) is 17.8 Å². The van der Waals surface area contributed by atoms with E-state index in [0.29, 0.717) is 16.5 Å². The topological polar surface area (TPSA) is 87.7 Å². The molecule has 0 aliphatic carbocycles. The Morgan fingerprint density at radius 2 is 2.15 bits per heavy atom. The average Bonchev–Trinajstić information content (AvgIpc) is 2.38. The van der Waals surface area contributed by atoms with Crippen LogP contribution in [0, 0.1) is 5.92 Å². The van der Waals surface area contributed by atoms with E-state index in [2.05, 4.69) is 10.5 Å². The molecule has 1 aromatic rings. The van der Waals surface area contributed by atoms with E-state index >= 15 is 0 Å². The number of carbonyl (C=O) groups is 1. The molecule has 0 fully saturated rings. The van der Waals surface area contributed by atoms with Crippen molar-refractivity contribution < 1.29 is 10.0 Å². The van der Waals surface area contributed by atoms with E-state index in [1.807, 2.05) is 0 Å². The summed E-state index contributed by atoms with van der Waals surface area (Å²) in [6.07, 6.45) is 0.433. The quantitative estimate of drug-likeness (QED) is 0.337. The highest BCUT2D eigenvalue weighted by Crippen LogP contribution is 2.26. The minimum absolute atomic E-state index is 0.112. The summed E-state index contributed by atoms with van der Waals surface area (Å²) in [5.41, 5.74) is 6.24. The Labute approximate surface area is 127 Å². The summed E-state index contributed by atoms with van der Waals surface area (Å²) in [5, 5.41) is 15.3. The van der Waals surface area contributed by atoms with Gasteiger partial charge in [-0.25, -0.2) is 0 Å². The number of nitrogens with two attached hydrogens (primary N) is 1. The fourth-order valence-electron chi connectivity index (χ4n) is 1.84. The van der Waals surface area contributed by atoms with Crippen LogP contribution in [0.15, 0.2) is 23.4 Å². The lowest BCUT2D eigenvalue weighted by Crippen LogP contribution is -2.39. The van der Waals surface area contributed by atoms with Gasteiger partial charge in [-0.15, -0.1) is 0 Å². The zero-order valence-electron chi connectivity index (χ0n) is 11.2. The molecule has 20 heavy (non-hydrogen) atoms. The zero-order valence-corrected chi connectivity index (χ0v) is 12.7. The highest BCUT2D eigenvalue weighted by atomic mass is 35.5. The molecule has 110 valence electrons. The maximum absolute atomic E-state index is 12.1. The van der Waals surface area contributed by atoms with Crippen molar-refractivity contribution in [3.63, 3.8) is 0 Å². The second-order valence-corrected chi connectivity index (χ2v) is 5.23. The van der Waals surface area contributed by atoms with Crippen LogP contribution in [0.1, 0.15) is 31.9 Å². The number of benzene rings is 1. The summed E-state index contributed by atoms with van der Waals surface area (Å²) in [4.78, 5) is 12.1. The van der Waals surface area contributed by atoms with Crippen molar-refractivity contribution in [3.8, 4) is 0 Å². The fraction of sp³-hybridized carbons (Fsp3) is 0.385. The second-order valence-electron chi connectivity index (χ2n) is 4.38. The Kier molecular flexibility index (Phi) is 6.10. The first kappa shape index (κ1) is 16.6. The van der Waals surface area contributed by atoms with E-state index in [1.165, 1.54) is 0 Å². The van der Waals surface area contributed by atoms with Crippen molar-refractivity contribution in [3.05, 3.63) is 33.8 Å². The van der Waals surface area contributed by atoms with Crippen LogP contribution in [-0.4, -0.2) is 17.0 Å². The van der Waals surface area contributed by atoms with Crippen LogP contribution in [0.4, 0.5) is 0 Å². The average molecular weight is 318 g/mol. The van der Waals surface area contributed by atoms with Gasteiger partial charge in [0.05, 0.1) is 12.0 Å². The molecule has 4 N–H and O–H groups in total. The normalized spacial score (nSPS) is 14.7. The molecule has 0 heterocycles. The third-order valence-corrected chi connectivity index (χ3v) is 3.55. The Balaban J connectivity index is 2.84. The summed E-state index contributed by atoms with van der Waals surface area (Å²) >= 11 is 11.9. The number of rotatable bonds is 5. The first-order valence-corrected chi connectivity index (χ1v) is 6.89. The molecule has 1 aromatic carbocycles. The zero-order chi connectivity index (χ0) is 15.3. The number of nitrogens with zero attached hydrogens (tertiary/aromatic N) is 1. The molecule has 7 heteroatoms. The standard InChI is InChI=1S/C13H17Cl2N3O2/c1-3-9(12(16)18-20)13(19)17-7(2)10-5-4-8(14)6-11(10)15/h4-7,9,20H,3H2,1-2H3,(H2,16,18)(H,17,19). The van der Waals surface area contributed by atoms with Gasteiger partial charge in [-0.1, -0.05) is 41.3 Å². The Morgan fingerprint density at radius 3 is 2.65 bits per heavy atom. The molecule has 2 atom stereocenters. The van der Waals surface area contributed by atoms with Gasteiger partial charge in [-0.3, -0.25) is 4.79 Å². The van der Waals surface area contributed by atoms with Crippen LogP contribution in [0.3, 0.4) is 0 Å². The summed E-state index contributed by atoms with van der Waals surface area (Å²) in [5.74, 6) is -1.10. The highest BCUT2D eigenvalue weighted by molar-refractivity contribution is 6.35. The molecule has 1 amide bonds. The molecule has 0 aliphatic rings. The number of amidine groups is 1. The van der Waals surface area contributed by atoms with Crippen LogP contribution < -0.4 is 11.1 Å². The molecule has 0 bridgehead atoms. The van der Waals surface area contributed by atoms with Gasteiger partial charge in [0, 0.05) is 10.0 Å². The molecule has 5 nitrogen and oxygen atoms in total. The maximum atomic E-state index is 12.1. The molecule has 0 radical (unpaired) electrons. The van der Waals surface area contributed by atoms with Crippen molar-refractivity contribution in [1.82, 2.24) is 5.32 Å². The molecule has 1 rings (SSSR count). The summed E-state index contributed by atoms with van der Waals surface area (Å²) in [6.45, 7) is 3.58. The lowest BCUT2D eigenvalue weighted by molar-refractivity contribution is -0.123. The van der Waals surface area contributed by atoms with Gasteiger partial charge in [-0.2, -0.15) is 0 Å². The number of nitrogens with one attached hydrogen (secondary N) is 1. The van der Waals surface area contributed by atoms with Crippen LogP contribution >= 0.6 is 23.2 Å². The molecule has 2 unspecified atom stereocenters. The van der Waals surface area contributed by atoms with E-state index in [1.54, 1.807) is 32.0 Å². The van der Waals surface area contributed by atoms with Crippen molar-refractivity contribution >= 4 is 34.9 Å². The largest absolute Gasteiger partial charge is 0.409 e. The summed E-state index contributed by atoms with van der Waals surface area (Å²) < 4.78 is 0. The van der Waals surface area contributed by atoms with E-state index in [9.17, 15) is 4.79 Å². The van der Waals surface area contributed by atoms with Gasteiger partial charge in [-0.05, 0) is 31.0 Å². The number of hydrogen-bond donors (Lipinski definition) is 3. The molecular weight excluding hydrogens is 301 g/mol. The van der Waals surface area contributed by atoms with Crippen molar-refractivity contribution in [2.24, 2.45) is 16.8 Å². The van der Waals surface area contributed by atoms with Crippen LogP contribution in [0.5, 0.6) is 0 Å². The van der Waals surface area contributed by atoms with Gasteiger partial charge in [0.15, 0.2) is 5.84 Å². The first-order valence-electron chi connectivity index (χ1n) is 6.13. The van der Waals surface area contributed by atoms with Gasteiger partial charge >= 0.3 is 0 Å². The van der Waals surface area contributed by atoms with Crippen LogP contribution in [0.2, 0.25) is 10.0 Å². The molecule has 0 aromatic heterocycles. The number of carbonyl (C=O) groups excluding carboxylic acids is 1. The van der Waals surface area contributed by atoms with Gasteiger partial charge < -0.3 is 16.3 Å². The van der Waals surface area contributed by atoms with Gasteiger partial charge in [0.2, 0.25) is 5.91 Å². The third-order valence-electron chi connectivity index (χ3n) is 2.98. The van der Waals surface area contributed by atoms with E-state index in [4.69, 9.17) is 34.1 Å². The monoisotopic (exact) mass is 317 g/mol. The Hall–Kier alpha value is -1.46. The number of amides is 1. The first-order chi connectivity index (χ1) is 9.40. The van der Waals surface area contributed by atoms with Crippen molar-refractivity contribution in [2.75, 3.05) is 0 Å². The molecule has 0 spiro atoms. The van der Waals surface area contributed by atoms with Crippen molar-refractivity contribution in [1.29, 1.82) is 0 Å². The minimum Gasteiger partial charge on any atom is -0.409 e. The molecule has 0 aliphatic heterocycles. The number of hydrogen-bond acceptors (Lipinski definition) is 3. The van der Waals surface area contributed by atoms with Gasteiger partial charge in [0.1, 0.15) is 0 Å². The fourth-order valence-corrected chi connectivity index (χ4v) is 2.42. The Morgan fingerprint density at radius 1 is 1.50 bits per heavy atom. The number of halogens is 2. The third kappa shape index (κ3) is 4.02. The smallest absolute Gasteiger partial charge is 0.231 e. The predicted octanol–water partition coefficient (Wildman–Crippen LogP) is 2.94. The van der Waals surface area contributed by atoms with E-state index < -0.39 is 5.92 Å². The lowest BCUT2D eigenvalue weighted by Gasteiger charge is -2.19. The highest BCUT2D eigenvalue weighted by Gasteiger charge is 2.23. The minimum atomic E-state index is -0.673. The van der Waals surface area contributed by atoms with Crippen LogP contribution in [0.25, 0.3) is 0 Å². The maximum Gasteiger partial charge on any atom is 0.231 e.